The van der Waals surface area contributed by atoms with Crippen LogP contribution < -0.4 is 9.47 Å². The fourth-order valence-electron chi connectivity index (χ4n) is 1.71. The van der Waals surface area contributed by atoms with E-state index < -0.39 is 5.97 Å². The van der Waals surface area contributed by atoms with Crippen molar-refractivity contribution in [3.05, 3.63) is 23.8 Å². The van der Waals surface area contributed by atoms with Gasteiger partial charge in [-0.2, -0.15) is 0 Å². The molecule has 0 saturated carbocycles. The zero-order chi connectivity index (χ0) is 15.8. The maximum atomic E-state index is 12.4. The minimum Gasteiger partial charge on any atom is -0.497 e. The average molecular weight is 295 g/mol. The lowest BCUT2D eigenvalue weighted by Crippen LogP contribution is -2.29. The van der Waals surface area contributed by atoms with Crippen molar-refractivity contribution in [3.8, 4) is 11.5 Å². The molecule has 0 spiro atoms. The Labute approximate surface area is 124 Å². The van der Waals surface area contributed by atoms with Crippen molar-refractivity contribution >= 4 is 11.9 Å². The van der Waals surface area contributed by atoms with Crippen molar-refractivity contribution in [1.82, 2.24) is 4.90 Å². The molecule has 0 fully saturated rings. The summed E-state index contributed by atoms with van der Waals surface area (Å²) in [7, 11) is 3.11. The lowest BCUT2D eigenvalue weighted by Gasteiger charge is -2.18. The number of nitrogens with zero attached hydrogens (tertiary/aromatic N) is 1. The summed E-state index contributed by atoms with van der Waals surface area (Å²) in [4.78, 5) is 24.3. The van der Waals surface area contributed by atoms with Gasteiger partial charge in [-0.1, -0.05) is 6.92 Å². The number of hydrogen-bond acceptors (Lipinski definition) is 4. The molecule has 0 aliphatic carbocycles. The summed E-state index contributed by atoms with van der Waals surface area (Å²) in [6.45, 7) is 2.61. The highest BCUT2D eigenvalue weighted by Crippen LogP contribution is 2.26. The number of ether oxygens (including phenoxy) is 2. The number of carbonyl (C=O) groups excluding carboxylic acids is 1. The fraction of sp³-hybridized carbons (Fsp3) is 0.467. The van der Waals surface area contributed by atoms with Gasteiger partial charge in [0.2, 0.25) is 0 Å². The molecule has 0 unspecified atom stereocenters. The van der Waals surface area contributed by atoms with E-state index in [1.807, 2.05) is 6.92 Å². The number of benzene rings is 1. The van der Waals surface area contributed by atoms with Gasteiger partial charge in [0.1, 0.15) is 11.5 Å². The van der Waals surface area contributed by atoms with Gasteiger partial charge in [0.05, 0.1) is 25.7 Å². The maximum absolute atomic E-state index is 12.4. The maximum Gasteiger partial charge on any atom is 0.305 e. The van der Waals surface area contributed by atoms with Gasteiger partial charge in [0.25, 0.3) is 5.91 Å². The van der Waals surface area contributed by atoms with Gasteiger partial charge in [-0.15, -0.1) is 0 Å². The lowest BCUT2D eigenvalue weighted by molar-refractivity contribution is -0.137. The van der Waals surface area contributed by atoms with E-state index in [0.717, 1.165) is 6.42 Å². The van der Waals surface area contributed by atoms with Gasteiger partial charge >= 0.3 is 5.97 Å². The van der Waals surface area contributed by atoms with Crippen molar-refractivity contribution in [2.75, 3.05) is 27.3 Å². The van der Waals surface area contributed by atoms with Crippen LogP contribution in [0.2, 0.25) is 0 Å². The zero-order valence-electron chi connectivity index (χ0n) is 12.6. The Bertz CT molecular complexity index is 501. The van der Waals surface area contributed by atoms with Gasteiger partial charge in [0.15, 0.2) is 0 Å². The summed E-state index contributed by atoms with van der Waals surface area (Å²) in [6, 6.07) is 4.97. The molecule has 0 heterocycles. The van der Waals surface area contributed by atoms with Crippen molar-refractivity contribution in [2.24, 2.45) is 0 Å². The summed E-state index contributed by atoms with van der Waals surface area (Å²) in [5, 5.41) is 8.67. The Balaban J connectivity index is 2.92. The molecule has 1 N–H and O–H groups in total. The lowest BCUT2D eigenvalue weighted by atomic mass is 10.1. The minimum absolute atomic E-state index is 0.0937. The summed E-state index contributed by atoms with van der Waals surface area (Å²) in [5.41, 5.74) is 0.400. The van der Waals surface area contributed by atoms with Crippen LogP contribution in [-0.2, 0) is 4.79 Å². The quantitative estimate of drug-likeness (QED) is 0.794. The van der Waals surface area contributed by atoms with E-state index in [0.29, 0.717) is 23.7 Å². The molecule has 0 aliphatic heterocycles. The second-order valence-corrected chi connectivity index (χ2v) is 4.58. The summed E-state index contributed by atoms with van der Waals surface area (Å²) in [6.07, 6.45) is 0.725. The highest BCUT2D eigenvalue weighted by molar-refractivity contribution is 5.97. The highest BCUT2D eigenvalue weighted by atomic mass is 16.5. The monoisotopic (exact) mass is 295 g/mol. The molecule has 1 aromatic rings. The molecule has 116 valence electrons. The van der Waals surface area contributed by atoms with Crippen LogP contribution in [0.5, 0.6) is 11.5 Å². The molecule has 1 rings (SSSR count). The molecule has 6 heteroatoms. The SMILES string of the molecule is CCCOc1cc(OC)ccc1C(=O)N(C)CCC(=O)O. The number of aliphatic carboxylic acids is 1. The first-order valence-electron chi connectivity index (χ1n) is 6.77. The van der Waals surface area contributed by atoms with Crippen LogP contribution in [0.1, 0.15) is 30.1 Å². The molecule has 0 aliphatic rings. The molecule has 0 aromatic heterocycles. The van der Waals surface area contributed by atoms with Crippen LogP contribution in [0.3, 0.4) is 0 Å². The molecular weight excluding hydrogens is 274 g/mol. The van der Waals surface area contributed by atoms with Crippen LogP contribution in [0.15, 0.2) is 18.2 Å². The molecule has 6 nitrogen and oxygen atoms in total. The Morgan fingerprint density at radius 2 is 2.05 bits per heavy atom. The molecule has 0 radical (unpaired) electrons. The second-order valence-electron chi connectivity index (χ2n) is 4.58. The minimum atomic E-state index is -0.938. The first-order chi connectivity index (χ1) is 9.99. The molecule has 1 aromatic carbocycles. The van der Waals surface area contributed by atoms with E-state index in [1.54, 1.807) is 32.4 Å². The Morgan fingerprint density at radius 3 is 2.62 bits per heavy atom. The molecule has 21 heavy (non-hydrogen) atoms. The van der Waals surface area contributed by atoms with Crippen molar-refractivity contribution in [1.29, 1.82) is 0 Å². The largest absolute Gasteiger partial charge is 0.497 e. The third-order valence-corrected chi connectivity index (χ3v) is 2.89. The fourth-order valence-corrected chi connectivity index (χ4v) is 1.71. The number of hydrogen-bond donors (Lipinski definition) is 1. The molecule has 0 bridgehead atoms. The van der Waals surface area contributed by atoms with E-state index in [4.69, 9.17) is 14.6 Å². The topological polar surface area (TPSA) is 76.1 Å². The number of rotatable bonds is 8. The number of methoxy groups -OCH3 is 1. The third-order valence-electron chi connectivity index (χ3n) is 2.89. The van der Waals surface area contributed by atoms with Crippen molar-refractivity contribution in [2.45, 2.75) is 19.8 Å². The number of carboxylic acids is 1. The van der Waals surface area contributed by atoms with Crippen LogP contribution in [-0.4, -0.2) is 49.2 Å². The first-order valence-corrected chi connectivity index (χ1v) is 6.77. The molecule has 1 amide bonds. The van der Waals surface area contributed by atoms with Gasteiger partial charge in [0, 0.05) is 19.7 Å². The van der Waals surface area contributed by atoms with Crippen LogP contribution >= 0.6 is 0 Å². The Kier molecular flexibility index (Phi) is 6.52. The van der Waals surface area contributed by atoms with Crippen LogP contribution in [0.25, 0.3) is 0 Å². The highest BCUT2D eigenvalue weighted by Gasteiger charge is 2.18. The van der Waals surface area contributed by atoms with Gasteiger partial charge in [-0.25, -0.2) is 0 Å². The van der Waals surface area contributed by atoms with Crippen molar-refractivity contribution < 1.29 is 24.2 Å². The van der Waals surface area contributed by atoms with E-state index in [1.165, 1.54) is 4.90 Å². The second kappa shape index (κ2) is 8.14. The van der Waals surface area contributed by atoms with E-state index >= 15 is 0 Å². The molecule has 0 atom stereocenters. The van der Waals surface area contributed by atoms with Gasteiger partial charge in [-0.3, -0.25) is 9.59 Å². The summed E-state index contributed by atoms with van der Waals surface area (Å²) < 4.78 is 10.7. The van der Waals surface area contributed by atoms with E-state index in [9.17, 15) is 9.59 Å². The Morgan fingerprint density at radius 1 is 1.33 bits per heavy atom. The Hall–Kier alpha value is -2.24. The normalized spacial score (nSPS) is 10.0. The smallest absolute Gasteiger partial charge is 0.305 e. The molecular formula is C15H21NO5. The number of amides is 1. The standard InChI is InChI=1S/C15H21NO5/c1-4-9-21-13-10-11(20-3)5-6-12(13)15(19)16(2)8-7-14(17)18/h5-6,10H,4,7-9H2,1-3H3,(H,17,18). The average Bonchev–Trinajstić information content (AvgIpc) is 2.49. The molecule has 0 saturated heterocycles. The van der Waals surface area contributed by atoms with Gasteiger partial charge < -0.3 is 19.5 Å². The zero-order valence-corrected chi connectivity index (χ0v) is 12.6. The first kappa shape index (κ1) is 16.8. The van der Waals surface area contributed by atoms with Crippen LogP contribution in [0, 0.1) is 0 Å². The van der Waals surface area contributed by atoms with Crippen LogP contribution in [0.4, 0.5) is 0 Å². The third kappa shape index (κ3) is 4.98. The summed E-state index contributed by atoms with van der Waals surface area (Å²) in [5.74, 6) is -0.161. The van der Waals surface area contributed by atoms with E-state index in [-0.39, 0.29) is 18.9 Å². The van der Waals surface area contributed by atoms with Crippen molar-refractivity contribution in [3.63, 3.8) is 0 Å². The van der Waals surface area contributed by atoms with E-state index in [2.05, 4.69) is 0 Å². The number of carbonyl (C=O) groups is 2. The number of carboxylic acid groups (broad SMARTS) is 1. The van der Waals surface area contributed by atoms with Gasteiger partial charge in [-0.05, 0) is 18.6 Å². The predicted octanol–water partition coefficient (Wildman–Crippen LogP) is 2.03. The summed E-state index contributed by atoms with van der Waals surface area (Å²) >= 11 is 0. The predicted molar refractivity (Wildman–Crippen MR) is 78.0 cm³/mol.